The Morgan fingerprint density at radius 1 is 1.04 bits per heavy atom. The molecule has 2 aromatic carbocycles. The summed E-state index contributed by atoms with van der Waals surface area (Å²) in [4.78, 5) is 26.4. The second-order valence-corrected chi connectivity index (χ2v) is 6.76. The number of methoxy groups -OCH3 is 2. The topological polar surface area (TPSA) is 67.9 Å². The summed E-state index contributed by atoms with van der Waals surface area (Å²) in [6.45, 7) is 0. The van der Waals surface area contributed by atoms with Gasteiger partial charge in [0.05, 0.1) is 31.9 Å². The van der Waals surface area contributed by atoms with Crippen LogP contribution in [-0.4, -0.2) is 45.0 Å². The van der Waals surface area contributed by atoms with E-state index < -0.39 is 0 Å². The Bertz CT molecular complexity index is 869. The zero-order valence-corrected chi connectivity index (χ0v) is 16.9. The molecule has 1 N–H and O–H groups in total. The van der Waals surface area contributed by atoms with Gasteiger partial charge in [-0.25, -0.2) is 0 Å². The maximum Gasteiger partial charge on any atom is 0.255 e. The standard InChI is InChI=1S/C19H20Cl2N2O4/c1-23(2)19(25)13-9-16(26-3)17(27-4)10-15(13)22-18(24)7-11-5-6-12(20)8-14(11)21/h5-6,8-10H,7H2,1-4H3,(H,22,24). The van der Waals surface area contributed by atoms with Gasteiger partial charge in [0.15, 0.2) is 11.5 Å². The number of carbonyl (C=O) groups is 2. The van der Waals surface area contributed by atoms with Crippen LogP contribution < -0.4 is 14.8 Å². The van der Waals surface area contributed by atoms with E-state index in [1.54, 1.807) is 38.4 Å². The average Bonchev–Trinajstić information content (AvgIpc) is 2.62. The van der Waals surface area contributed by atoms with Crippen LogP contribution in [0.25, 0.3) is 0 Å². The molecule has 0 saturated carbocycles. The van der Waals surface area contributed by atoms with Crippen LogP contribution in [0.3, 0.4) is 0 Å². The van der Waals surface area contributed by atoms with E-state index in [-0.39, 0.29) is 23.8 Å². The smallest absolute Gasteiger partial charge is 0.255 e. The number of carbonyl (C=O) groups excluding carboxylic acids is 2. The summed E-state index contributed by atoms with van der Waals surface area (Å²) in [6.07, 6.45) is 0.0277. The van der Waals surface area contributed by atoms with Crippen LogP contribution in [0.2, 0.25) is 10.0 Å². The SMILES string of the molecule is COc1cc(NC(=O)Cc2ccc(Cl)cc2Cl)c(C(=O)N(C)C)cc1OC. The van der Waals surface area contributed by atoms with Crippen molar-refractivity contribution >= 4 is 40.7 Å². The van der Waals surface area contributed by atoms with Gasteiger partial charge in [-0.05, 0) is 23.8 Å². The van der Waals surface area contributed by atoms with Gasteiger partial charge in [0.25, 0.3) is 5.91 Å². The second kappa shape index (κ2) is 8.97. The first-order valence-corrected chi connectivity index (χ1v) is 8.73. The molecule has 0 aliphatic rings. The Hall–Kier alpha value is -2.44. The fraction of sp³-hybridized carbons (Fsp3) is 0.263. The number of ether oxygens (including phenoxy) is 2. The van der Waals surface area contributed by atoms with E-state index in [1.807, 2.05) is 0 Å². The fourth-order valence-corrected chi connectivity index (χ4v) is 2.91. The summed E-state index contributed by atoms with van der Waals surface area (Å²) in [5, 5.41) is 3.64. The molecule has 0 atom stereocenters. The van der Waals surface area contributed by atoms with Crippen LogP contribution in [0.1, 0.15) is 15.9 Å². The first-order chi connectivity index (χ1) is 12.8. The lowest BCUT2D eigenvalue weighted by Gasteiger charge is -2.18. The number of amides is 2. The molecule has 0 saturated heterocycles. The Morgan fingerprint density at radius 2 is 1.67 bits per heavy atom. The minimum Gasteiger partial charge on any atom is -0.493 e. The van der Waals surface area contributed by atoms with Crippen LogP contribution in [0.5, 0.6) is 11.5 Å². The molecule has 0 fully saturated rings. The van der Waals surface area contributed by atoms with E-state index in [9.17, 15) is 9.59 Å². The molecule has 0 heterocycles. The molecule has 0 radical (unpaired) electrons. The summed E-state index contributed by atoms with van der Waals surface area (Å²) >= 11 is 12.0. The van der Waals surface area contributed by atoms with Crippen LogP contribution in [0, 0.1) is 0 Å². The van der Waals surface area contributed by atoms with Gasteiger partial charge < -0.3 is 19.7 Å². The average molecular weight is 411 g/mol. The zero-order chi connectivity index (χ0) is 20.1. The molecule has 2 aromatic rings. The molecule has 8 heteroatoms. The summed E-state index contributed by atoms with van der Waals surface area (Å²) in [5.41, 5.74) is 1.23. The third-order valence-electron chi connectivity index (χ3n) is 3.80. The van der Waals surface area contributed by atoms with Gasteiger partial charge in [-0.2, -0.15) is 0 Å². The number of benzene rings is 2. The highest BCUT2D eigenvalue weighted by Crippen LogP contribution is 2.34. The van der Waals surface area contributed by atoms with Crippen LogP contribution in [0.4, 0.5) is 5.69 Å². The summed E-state index contributed by atoms with van der Waals surface area (Å²) in [5.74, 6) is 0.170. The molecule has 144 valence electrons. The molecule has 0 unspecified atom stereocenters. The van der Waals surface area contributed by atoms with Gasteiger partial charge in [0.1, 0.15) is 0 Å². The van der Waals surface area contributed by atoms with Crippen molar-refractivity contribution in [2.24, 2.45) is 0 Å². The van der Waals surface area contributed by atoms with Crippen molar-refractivity contribution in [3.63, 3.8) is 0 Å². The maximum absolute atomic E-state index is 12.5. The maximum atomic E-state index is 12.5. The van der Waals surface area contributed by atoms with E-state index in [4.69, 9.17) is 32.7 Å². The van der Waals surface area contributed by atoms with E-state index >= 15 is 0 Å². The Balaban J connectivity index is 2.35. The number of rotatable bonds is 6. The monoisotopic (exact) mass is 410 g/mol. The van der Waals surface area contributed by atoms with Crippen molar-refractivity contribution in [3.8, 4) is 11.5 Å². The van der Waals surface area contributed by atoms with Crippen LogP contribution in [0.15, 0.2) is 30.3 Å². The van der Waals surface area contributed by atoms with Crippen molar-refractivity contribution in [2.45, 2.75) is 6.42 Å². The molecule has 0 aromatic heterocycles. The highest BCUT2D eigenvalue weighted by molar-refractivity contribution is 6.35. The minimum absolute atomic E-state index is 0.0277. The van der Waals surface area contributed by atoms with Gasteiger partial charge in [-0.3, -0.25) is 9.59 Å². The van der Waals surface area contributed by atoms with E-state index in [0.29, 0.717) is 32.8 Å². The van der Waals surface area contributed by atoms with Crippen LogP contribution in [-0.2, 0) is 11.2 Å². The van der Waals surface area contributed by atoms with Crippen molar-refractivity contribution < 1.29 is 19.1 Å². The van der Waals surface area contributed by atoms with Gasteiger partial charge in [-0.15, -0.1) is 0 Å². The molecule has 2 amide bonds. The van der Waals surface area contributed by atoms with Crippen molar-refractivity contribution in [1.82, 2.24) is 4.90 Å². The van der Waals surface area contributed by atoms with Crippen molar-refractivity contribution in [3.05, 3.63) is 51.5 Å². The Kier molecular flexibility index (Phi) is 6.93. The van der Waals surface area contributed by atoms with E-state index in [0.717, 1.165) is 0 Å². The second-order valence-electron chi connectivity index (χ2n) is 5.91. The summed E-state index contributed by atoms with van der Waals surface area (Å²) in [7, 11) is 6.20. The highest BCUT2D eigenvalue weighted by Gasteiger charge is 2.20. The van der Waals surface area contributed by atoms with Gasteiger partial charge in [-0.1, -0.05) is 29.3 Å². The first kappa shape index (κ1) is 20.9. The summed E-state index contributed by atoms with van der Waals surface area (Å²) in [6, 6.07) is 8.00. The number of halogens is 2. The molecule has 0 aliphatic carbocycles. The quantitative estimate of drug-likeness (QED) is 0.783. The minimum atomic E-state index is -0.334. The van der Waals surface area contributed by atoms with Gasteiger partial charge in [0, 0.05) is 30.2 Å². The molecule has 0 bridgehead atoms. The third-order valence-corrected chi connectivity index (χ3v) is 4.39. The number of hydrogen-bond acceptors (Lipinski definition) is 4. The molecular formula is C19H20Cl2N2O4. The predicted octanol–water partition coefficient (Wildman–Crippen LogP) is 3.89. The molecule has 2 rings (SSSR count). The highest BCUT2D eigenvalue weighted by atomic mass is 35.5. The number of hydrogen-bond donors (Lipinski definition) is 1. The number of nitrogens with one attached hydrogen (secondary N) is 1. The van der Waals surface area contributed by atoms with Crippen molar-refractivity contribution in [1.29, 1.82) is 0 Å². The lowest BCUT2D eigenvalue weighted by molar-refractivity contribution is -0.115. The predicted molar refractivity (Wildman–Crippen MR) is 106 cm³/mol. The molecule has 6 nitrogen and oxygen atoms in total. The number of anilines is 1. The summed E-state index contributed by atoms with van der Waals surface area (Å²) < 4.78 is 10.5. The molecule has 0 spiro atoms. The van der Waals surface area contributed by atoms with Crippen molar-refractivity contribution in [2.75, 3.05) is 33.6 Å². The molecule has 0 aliphatic heterocycles. The first-order valence-electron chi connectivity index (χ1n) is 7.98. The Labute approximate surface area is 168 Å². The lowest BCUT2D eigenvalue weighted by atomic mass is 10.1. The van der Waals surface area contributed by atoms with E-state index in [1.165, 1.54) is 25.2 Å². The normalized spacial score (nSPS) is 10.3. The van der Waals surface area contributed by atoms with Gasteiger partial charge >= 0.3 is 0 Å². The lowest BCUT2D eigenvalue weighted by Crippen LogP contribution is -2.24. The largest absolute Gasteiger partial charge is 0.493 e. The van der Waals surface area contributed by atoms with E-state index in [2.05, 4.69) is 5.32 Å². The molecular weight excluding hydrogens is 391 g/mol. The Morgan fingerprint density at radius 3 is 2.22 bits per heavy atom. The molecule has 27 heavy (non-hydrogen) atoms. The fourth-order valence-electron chi connectivity index (χ4n) is 2.43. The van der Waals surface area contributed by atoms with Gasteiger partial charge in [0.2, 0.25) is 5.91 Å². The zero-order valence-electron chi connectivity index (χ0n) is 15.4. The van der Waals surface area contributed by atoms with Crippen LogP contribution >= 0.6 is 23.2 Å². The number of nitrogens with zero attached hydrogens (tertiary/aromatic N) is 1. The third kappa shape index (κ3) is 5.05.